The molecule has 250 valence electrons. The maximum Gasteiger partial charge on any atom is 0.416 e. The van der Waals surface area contributed by atoms with Gasteiger partial charge in [-0.15, -0.1) is 5.10 Å². The lowest BCUT2D eigenvalue weighted by Gasteiger charge is -2.36. The van der Waals surface area contributed by atoms with Crippen molar-refractivity contribution in [1.82, 2.24) is 25.1 Å². The minimum absolute atomic E-state index is 0.00856. The summed E-state index contributed by atoms with van der Waals surface area (Å²) < 4.78 is 124. The summed E-state index contributed by atoms with van der Waals surface area (Å²) >= 11 is 0. The van der Waals surface area contributed by atoms with Gasteiger partial charge < -0.3 is 4.90 Å². The Morgan fingerprint density at radius 2 is 1.50 bits per heavy atom. The standard InChI is InChI=1S/C30H32F9N7/c1-5-26(44(3)18(2)20-7-6-10-40-15-20)25-9-8-22(28(31,32)33)13-21(25)17-46(27-41-43-45(4)42-27)16-19-11-23(29(34,35)36)14-24(12-19)30(37,38)39/h7-9,11-15,18,26H,5-6,10,16-17H2,1-4H3. The average molecular weight is 662 g/mol. The predicted octanol–water partition coefficient (Wildman–Crippen LogP) is 7.65. The molecule has 2 unspecified atom stereocenters. The van der Waals surface area contributed by atoms with E-state index in [0.717, 1.165) is 28.9 Å². The molecule has 0 bridgehead atoms. The Morgan fingerprint density at radius 1 is 0.870 bits per heavy atom. The summed E-state index contributed by atoms with van der Waals surface area (Å²) in [5.41, 5.74) is -2.84. The fraction of sp³-hybridized carbons (Fsp3) is 0.467. The zero-order valence-corrected chi connectivity index (χ0v) is 25.3. The third-order valence-electron chi connectivity index (χ3n) is 7.84. The van der Waals surface area contributed by atoms with Crippen molar-refractivity contribution in [3.8, 4) is 0 Å². The first-order chi connectivity index (χ1) is 21.4. The molecule has 0 spiro atoms. The summed E-state index contributed by atoms with van der Waals surface area (Å²) in [7, 11) is 3.22. The molecule has 3 aromatic rings. The van der Waals surface area contributed by atoms with Gasteiger partial charge in [-0.2, -0.15) is 44.3 Å². The fourth-order valence-corrected chi connectivity index (χ4v) is 5.42. The number of nitrogens with zero attached hydrogens (tertiary/aromatic N) is 7. The minimum Gasteiger partial charge on any atom is -0.330 e. The predicted molar refractivity (Wildman–Crippen MR) is 153 cm³/mol. The van der Waals surface area contributed by atoms with Crippen LogP contribution in [0.25, 0.3) is 0 Å². The number of dihydropyridines is 1. The molecule has 1 aromatic heterocycles. The monoisotopic (exact) mass is 661 g/mol. The number of rotatable bonds is 10. The van der Waals surface area contributed by atoms with E-state index in [4.69, 9.17) is 0 Å². The number of anilines is 1. The summed E-state index contributed by atoms with van der Waals surface area (Å²) in [4.78, 5) is 8.53. The van der Waals surface area contributed by atoms with Crippen LogP contribution in [0.1, 0.15) is 66.1 Å². The number of benzene rings is 2. The Morgan fingerprint density at radius 3 is 2.00 bits per heavy atom. The summed E-state index contributed by atoms with van der Waals surface area (Å²) in [6.45, 7) is 3.48. The number of tetrazole rings is 1. The van der Waals surface area contributed by atoms with Crippen LogP contribution in [0.5, 0.6) is 0 Å². The molecule has 2 heterocycles. The van der Waals surface area contributed by atoms with Crippen LogP contribution in [0.2, 0.25) is 0 Å². The number of hydrogen-bond donors (Lipinski definition) is 0. The number of halogens is 9. The van der Waals surface area contributed by atoms with E-state index < -0.39 is 53.4 Å². The summed E-state index contributed by atoms with van der Waals surface area (Å²) in [5, 5.41) is 11.6. The zero-order valence-electron chi connectivity index (χ0n) is 25.3. The Bertz CT molecular complexity index is 1540. The number of aromatic nitrogens is 4. The molecule has 2 aromatic carbocycles. The van der Waals surface area contributed by atoms with Gasteiger partial charge in [0, 0.05) is 37.9 Å². The highest BCUT2D eigenvalue weighted by atomic mass is 19.4. The normalized spacial score (nSPS) is 15.7. The molecule has 7 nitrogen and oxygen atoms in total. The summed E-state index contributed by atoms with van der Waals surface area (Å²) in [6, 6.07) is 3.79. The summed E-state index contributed by atoms with van der Waals surface area (Å²) in [5.74, 6) is -0.199. The van der Waals surface area contributed by atoms with Gasteiger partial charge in [0.2, 0.25) is 0 Å². The number of aliphatic imine (C=N–C) groups is 1. The Kier molecular flexibility index (Phi) is 10.2. The molecule has 0 amide bonds. The first-order valence-corrected chi connectivity index (χ1v) is 14.3. The van der Waals surface area contributed by atoms with E-state index in [1.165, 1.54) is 18.0 Å². The number of likely N-dealkylation sites (N-methyl/N-ethyl adjacent to an activating group) is 1. The minimum atomic E-state index is -5.09. The smallest absolute Gasteiger partial charge is 0.330 e. The van der Waals surface area contributed by atoms with E-state index in [-0.39, 0.29) is 30.2 Å². The zero-order chi connectivity index (χ0) is 34.0. The molecule has 0 aliphatic carbocycles. The molecule has 0 N–H and O–H groups in total. The van der Waals surface area contributed by atoms with E-state index in [9.17, 15) is 39.5 Å². The number of aryl methyl sites for hydroxylation is 1. The van der Waals surface area contributed by atoms with E-state index in [1.54, 1.807) is 6.21 Å². The van der Waals surface area contributed by atoms with Crippen LogP contribution >= 0.6 is 0 Å². The first-order valence-electron chi connectivity index (χ1n) is 14.3. The highest BCUT2D eigenvalue weighted by Gasteiger charge is 2.38. The van der Waals surface area contributed by atoms with Crippen molar-refractivity contribution in [2.75, 3.05) is 18.5 Å². The van der Waals surface area contributed by atoms with Crippen LogP contribution in [0, 0.1) is 0 Å². The molecule has 0 fully saturated rings. The van der Waals surface area contributed by atoms with Crippen LogP contribution in [0.15, 0.2) is 53.0 Å². The highest BCUT2D eigenvalue weighted by Crippen LogP contribution is 2.38. The molecular formula is C30H32F9N7. The van der Waals surface area contributed by atoms with Crippen molar-refractivity contribution in [1.29, 1.82) is 0 Å². The first kappa shape index (κ1) is 34.9. The second-order valence-electron chi connectivity index (χ2n) is 11.1. The van der Waals surface area contributed by atoms with Gasteiger partial charge in [0.05, 0.1) is 23.7 Å². The lowest BCUT2D eigenvalue weighted by molar-refractivity contribution is -0.143. The Hall–Kier alpha value is -3.95. The maximum absolute atomic E-state index is 13.9. The molecule has 0 radical (unpaired) electrons. The van der Waals surface area contributed by atoms with Gasteiger partial charge in [-0.3, -0.25) is 9.89 Å². The van der Waals surface area contributed by atoms with Gasteiger partial charge in [-0.25, -0.2) is 0 Å². The SMILES string of the molecule is CCC(c1ccc(C(F)(F)F)cc1CN(Cc1cc(C(F)(F)F)cc(C(F)(F)F)c1)c1nnn(C)n1)N(C)C(C)C1=CCCN=C1. The molecule has 46 heavy (non-hydrogen) atoms. The molecule has 2 atom stereocenters. The highest BCUT2D eigenvalue weighted by molar-refractivity contribution is 5.80. The topological polar surface area (TPSA) is 62.4 Å². The van der Waals surface area contributed by atoms with E-state index in [2.05, 4.69) is 20.4 Å². The van der Waals surface area contributed by atoms with E-state index in [0.29, 0.717) is 30.7 Å². The second kappa shape index (κ2) is 13.4. The van der Waals surface area contributed by atoms with Gasteiger partial charge >= 0.3 is 18.5 Å². The van der Waals surface area contributed by atoms with Gasteiger partial charge in [-0.1, -0.05) is 24.2 Å². The van der Waals surface area contributed by atoms with Crippen molar-refractivity contribution in [2.45, 2.75) is 70.4 Å². The lowest BCUT2D eigenvalue weighted by atomic mass is 9.92. The Labute approximate surface area is 259 Å². The quantitative estimate of drug-likeness (QED) is 0.209. The fourth-order valence-electron chi connectivity index (χ4n) is 5.42. The van der Waals surface area contributed by atoms with Gasteiger partial charge in [0.15, 0.2) is 0 Å². The third kappa shape index (κ3) is 8.25. The second-order valence-corrected chi connectivity index (χ2v) is 11.1. The lowest BCUT2D eigenvalue weighted by Crippen LogP contribution is -2.36. The van der Waals surface area contributed by atoms with Crippen molar-refractivity contribution in [3.05, 3.63) is 81.4 Å². The largest absolute Gasteiger partial charge is 0.416 e. The van der Waals surface area contributed by atoms with Crippen LogP contribution in [-0.2, 0) is 38.7 Å². The van der Waals surface area contributed by atoms with E-state index >= 15 is 0 Å². The van der Waals surface area contributed by atoms with Crippen molar-refractivity contribution >= 4 is 12.2 Å². The van der Waals surface area contributed by atoms with Crippen molar-refractivity contribution in [2.24, 2.45) is 12.0 Å². The van der Waals surface area contributed by atoms with Crippen LogP contribution in [0.3, 0.4) is 0 Å². The van der Waals surface area contributed by atoms with Gasteiger partial charge in [0.25, 0.3) is 5.95 Å². The average Bonchev–Trinajstić information content (AvgIpc) is 3.42. The van der Waals surface area contributed by atoms with Crippen LogP contribution in [-0.4, -0.2) is 51.0 Å². The molecular weight excluding hydrogens is 629 g/mol. The maximum atomic E-state index is 13.9. The molecule has 16 heteroatoms. The van der Waals surface area contributed by atoms with Gasteiger partial charge in [0.1, 0.15) is 0 Å². The van der Waals surface area contributed by atoms with Crippen LogP contribution in [0.4, 0.5) is 45.5 Å². The third-order valence-corrected chi connectivity index (χ3v) is 7.84. The van der Waals surface area contributed by atoms with Crippen molar-refractivity contribution in [3.63, 3.8) is 0 Å². The molecule has 0 saturated heterocycles. The van der Waals surface area contributed by atoms with E-state index in [1.807, 2.05) is 31.9 Å². The molecule has 0 saturated carbocycles. The van der Waals surface area contributed by atoms with Gasteiger partial charge in [-0.05, 0) is 84.6 Å². The molecule has 1 aliphatic rings. The molecule has 1 aliphatic heterocycles. The number of alkyl halides is 9. The number of hydrogen-bond acceptors (Lipinski definition) is 6. The van der Waals surface area contributed by atoms with Crippen LogP contribution < -0.4 is 4.90 Å². The van der Waals surface area contributed by atoms with Crippen molar-refractivity contribution < 1.29 is 39.5 Å². The summed E-state index contributed by atoms with van der Waals surface area (Å²) in [6.07, 6.45) is -9.89. The molecule has 4 rings (SSSR count). The Balaban J connectivity index is 1.82.